The summed E-state index contributed by atoms with van der Waals surface area (Å²) in [6.07, 6.45) is 5.70. The Labute approximate surface area is 156 Å². The van der Waals surface area contributed by atoms with Gasteiger partial charge in [0, 0.05) is 56.0 Å². The van der Waals surface area contributed by atoms with Gasteiger partial charge in [-0.3, -0.25) is 9.69 Å². The maximum atomic E-state index is 12.9. The fraction of sp³-hybridized carbons (Fsp3) is 0.556. The minimum absolute atomic E-state index is 0.102. The first-order valence-corrected chi connectivity index (χ1v) is 9.76. The van der Waals surface area contributed by atoms with Crippen molar-refractivity contribution >= 4 is 27.4 Å². The Morgan fingerprint density at radius 3 is 2.60 bits per heavy atom. The fourth-order valence-electron chi connectivity index (χ4n) is 3.91. The number of carbonyl (C=O) groups excluding carboxylic acids is 1. The number of halogens is 1. The van der Waals surface area contributed by atoms with Crippen molar-refractivity contribution in [2.24, 2.45) is 0 Å². The van der Waals surface area contributed by atoms with Crippen LogP contribution >= 0.6 is 15.9 Å². The third-order valence-corrected chi connectivity index (χ3v) is 6.01. The van der Waals surface area contributed by atoms with Crippen molar-refractivity contribution < 1.29 is 4.79 Å². The SMILES string of the molecule is CN1CCN(C2CCN(C(=O)c3cnn4ccc(Br)cc34)CC2)CC1. The second-order valence-electron chi connectivity index (χ2n) is 7.10. The normalized spacial score (nSPS) is 21.1. The summed E-state index contributed by atoms with van der Waals surface area (Å²) in [5, 5.41) is 4.31. The minimum atomic E-state index is 0.102. The molecule has 0 aliphatic carbocycles. The van der Waals surface area contributed by atoms with Crippen LogP contribution in [0.5, 0.6) is 0 Å². The highest BCUT2D eigenvalue weighted by atomic mass is 79.9. The van der Waals surface area contributed by atoms with Gasteiger partial charge in [0.25, 0.3) is 5.91 Å². The lowest BCUT2D eigenvalue weighted by atomic mass is 10.0. The van der Waals surface area contributed by atoms with Crippen LogP contribution in [0, 0.1) is 0 Å². The second kappa shape index (κ2) is 7.05. The van der Waals surface area contributed by atoms with Crippen molar-refractivity contribution in [3.63, 3.8) is 0 Å². The monoisotopic (exact) mass is 405 g/mol. The van der Waals surface area contributed by atoms with Crippen LogP contribution in [0.1, 0.15) is 23.2 Å². The molecule has 0 radical (unpaired) electrons. The Kier molecular flexibility index (Phi) is 4.80. The maximum Gasteiger partial charge on any atom is 0.257 e. The van der Waals surface area contributed by atoms with E-state index in [0.29, 0.717) is 11.6 Å². The average Bonchev–Trinajstić information content (AvgIpc) is 3.05. The first-order valence-electron chi connectivity index (χ1n) is 8.96. The number of hydrogen-bond acceptors (Lipinski definition) is 4. The molecule has 2 saturated heterocycles. The van der Waals surface area contributed by atoms with Crippen LogP contribution in [-0.4, -0.2) is 82.6 Å². The number of piperazine rings is 1. The molecule has 0 atom stereocenters. The highest BCUT2D eigenvalue weighted by Gasteiger charge is 2.29. The standard InChI is InChI=1S/C18H24BrN5O/c1-21-8-10-22(11-9-21)15-3-5-23(6-4-15)18(25)16-13-20-24-7-2-14(19)12-17(16)24/h2,7,12-13,15H,3-6,8-11H2,1H3. The zero-order valence-electron chi connectivity index (χ0n) is 14.6. The number of hydrogen-bond donors (Lipinski definition) is 0. The number of carbonyl (C=O) groups is 1. The molecule has 4 rings (SSSR count). The molecule has 0 bridgehead atoms. The molecular weight excluding hydrogens is 382 g/mol. The number of aromatic nitrogens is 2. The van der Waals surface area contributed by atoms with Gasteiger partial charge in [-0.2, -0.15) is 5.10 Å². The number of fused-ring (bicyclic) bond motifs is 1. The van der Waals surface area contributed by atoms with Crippen molar-refractivity contribution in [1.82, 2.24) is 24.3 Å². The number of piperidine rings is 1. The Hall–Kier alpha value is -1.44. The molecule has 2 aliphatic rings. The van der Waals surface area contributed by atoms with E-state index in [1.165, 1.54) is 0 Å². The molecule has 7 heteroatoms. The molecule has 0 N–H and O–H groups in total. The van der Waals surface area contributed by atoms with E-state index in [1.807, 2.05) is 23.2 Å². The van der Waals surface area contributed by atoms with Gasteiger partial charge in [0.2, 0.25) is 0 Å². The molecule has 2 aromatic heterocycles. The van der Waals surface area contributed by atoms with Gasteiger partial charge in [-0.05, 0) is 32.0 Å². The van der Waals surface area contributed by atoms with Gasteiger partial charge < -0.3 is 9.80 Å². The molecular formula is C18H24BrN5O. The Bertz CT molecular complexity index is 760. The van der Waals surface area contributed by atoms with Gasteiger partial charge in [0.1, 0.15) is 0 Å². The summed E-state index contributed by atoms with van der Waals surface area (Å²) >= 11 is 3.48. The molecule has 2 fully saturated rings. The quantitative estimate of drug-likeness (QED) is 0.765. The van der Waals surface area contributed by atoms with Gasteiger partial charge in [-0.25, -0.2) is 4.52 Å². The van der Waals surface area contributed by atoms with E-state index in [2.05, 4.69) is 37.9 Å². The molecule has 134 valence electrons. The summed E-state index contributed by atoms with van der Waals surface area (Å²) in [5.41, 5.74) is 1.56. The minimum Gasteiger partial charge on any atom is -0.338 e. The number of nitrogens with zero attached hydrogens (tertiary/aromatic N) is 5. The number of likely N-dealkylation sites (N-methyl/N-ethyl adjacent to an activating group) is 1. The second-order valence-corrected chi connectivity index (χ2v) is 8.01. The van der Waals surface area contributed by atoms with Crippen LogP contribution in [0.25, 0.3) is 5.52 Å². The Morgan fingerprint density at radius 2 is 1.88 bits per heavy atom. The lowest BCUT2D eigenvalue weighted by molar-refractivity contribution is 0.0520. The highest BCUT2D eigenvalue weighted by Crippen LogP contribution is 2.22. The van der Waals surface area contributed by atoms with Gasteiger partial charge in [0.15, 0.2) is 0 Å². The zero-order chi connectivity index (χ0) is 17.4. The first-order chi connectivity index (χ1) is 12.1. The molecule has 4 heterocycles. The van der Waals surface area contributed by atoms with Crippen LogP contribution in [0.3, 0.4) is 0 Å². The molecule has 0 aromatic carbocycles. The number of pyridine rings is 1. The summed E-state index contributed by atoms with van der Waals surface area (Å²) in [7, 11) is 2.19. The van der Waals surface area contributed by atoms with Gasteiger partial charge in [-0.1, -0.05) is 15.9 Å². The molecule has 2 aliphatic heterocycles. The Morgan fingerprint density at radius 1 is 1.16 bits per heavy atom. The maximum absolute atomic E-state index is 12.9. The lowest BCUT2D eigenvalue weighted by Crippen LogP contribution is -2.52. The van der Waals surface area contributed by atoms with Crippen molar-refractivity contribution in [3.05, 3.63) is 34.6 Å². The van der Waals surface area contributed by atoms with Gasteiger partial charge in [-0.15, -0.1) is 0 Å². The topological polar surface area (TPSA) is 44.1 Å². The van der Waals surface area contributed by atoms with E-state index in [9.17, 15) is 4.79 Å². The van der Waals surface area contributed by atoms with Gasteiger partial charge in [0.05, 0.1) is 17.3 Å². The molecule has 0 spiro atoms. The third-order valence-electron chi connectivity index (χ3n) is 5.52. The van der Waals surface area contributed by atoms with Crippen molar-refractivity contribution in [2.75, 3.05) is 46.3 Å². The molecule has 25 heavy (non-hydrogen) atoms. The van der Waals surface area contributed by atoms with Crippen molar-refractivity contribution in [3.8, 4) is 0 Å². The predicted molar refractivity (Wildman–Crippen MR) is 101 cm³/mol. The van der Waals surface area contributed by atoms with Crippen molar-refractivity contribution in [1.29, 1.82) is 0 Å². The zero-order valence-corrected chi connectivity index (χ0v) is 16.2. The highest BCUT2D eigenvalue weighted by molar-refractivity contribution is 9.10. The smallest absolute Gasteiger partial charge is 0.257 e. The molecule has 6 nitrogen and oxygen atoms in total. The lowest BCUT2D eigenvalue weighted by Gasteiger charge is -2.42. The van der Waals surface area contributed by atoms with E-state index in [1.54, 1.807) is 10.7 Å². The largest absolute Gasteiger partial charge is 0.338 e. The number of rotatable bonds is 2. The van der Waals surface area contributed by atoms with Crippen LogP contribution in [0.15, 0.2) is 29.0 Å². The molecule has 2 aromatic rings. The van der Waals surface area contributed by atoms with Crippen molar-refractivity contribution in [2.45, 2.75) is 18.9 Å². The van der Waals surface area contributed by atoms with E-state index in [4.69, 9.17) is 0 Å². The Balaban J connectivity index is 1.41. The third kappa shape index (κ3) is 3.45. The fourth-order valence-corrected chi connectivity index (χ4v) is 4.25. The summed E-state index contributed by atoms with van der Waals surface area (Å²) in [5.74, 6) is 0.102. The predicted octanol–water partition coefficient (Wildman–Crippen LogP) is 1.95. The van der Waals surface area contributed by atoms with E-state index in [-0.39, 0.29) is 5.91 Å². The van der Waals surface area contributed by atoms with Crippen LogP contribution < -0.4 is 0 Å². The average molecular weight is 406 g/mol. The van der Waals surface area contributed by atoms with Gasteiger partial charge >= 0.3 is 0 Å². The van der Waals surface area contributed by atoms with Crippen LogP contribution in [0.2, 0.25) is 0 Å². The molecule has 1 amide bonds. The number of likely N-dealkylation sites (tertiary alicyclic amines) is 1. The van der Waals surface area contributed by atoms with Crippen LogP contribution in [0.4, 0.5) is 0 Å². The van der Waals surface area contributed by atoms with E-state index < -0.39 is 0 Å². The summed E-state index contributed by atoms with van der Waals surface area (Å²) in [6.45, 7) is 6.27. The van der Waals surface area contributed by atoms with Crippen LogP contribution in [-0.2, 0) is 0 Å². The van der Waals surface area contributed by atoms with E-state index >= 15 is 0 Å². The summed E-state index contributed by atoms with van der Waals surface area (Å²) in [4.78, 5) is 19.9. The molecule has 0 unspecified atom stereocenters. The van der Waals surface area contributed by atoms with E-state index in [0.717, 1.165) is 62.1 Å². The first kappa shape index (κ1) is 17.0. The summed E-state index contributed by atoms with van der Waals surface area (Å²) in [6, 6.07) is 4.50. The number of amides is 1. The molecule has 0 saturated carbocycles. The summed E-state index contributed by atoms with van der Waals surface area (Å²) < 4.78 is 2.72.